The van der Waals surface area contributed by atoms with Gasteiger partial charge >= 0.3 is 0 Å². The number of fused-ring (bicyclic) bond motifs is 1. The quantitative estimate of drug-likeness (QED) is 0.144. The van der Waals surface area contributed by atoms with E-state index in [2.05, 4.69) is 45.7 Å². The molecule has 0 aliphatic heterocycles. The fraction of sp³-hybridized carbons (Fsp3) is 0.462. The molecule has 1 aromatic carbocycles. The van der Waals surface area contributed by atoms with Gasteiger partial charge in [-0.05, 0) is 74.9 Å². The van der Waals surface area contributed by atoms with Gasteiger partial charge in [0, 0.05) is 9.75 Å². The first kappa shape index (κ1) is 26.9. The van der Waals surface area contributed by atoms with Crippen molar-refractivity contribution in [2.24, 2.45) is 5.92 Å². The monoisotopic (exact) mass is 643 g/mol. The topological polar surface area (TPSA) is 30.7 Å². The van der Waals surface area contributed by atoms with Crippen LogP contribution in [0.2, 0.25) is 0 Å². The second-order valence-electron chi connectivity index (χ2n) is 8.90. The number of halogens is 4. The molecule has 3 aromatic heterocycles. The van der Waals surface area contributed by atoms with Gasteiger partial charge in [-0.2, -0.15) is 15.0 Å². The minimum Gasteiger partial charge on any atom is -0.203 e. The summed E-state index contributed by atoms with van der Waals surface area (Å²) in [6, 6.07) is 7.28. The molecule has 1 unspecified atom stereocenters. The number of benzene rings is 1. The summed E-state index contributed by atoms with van der Waals surface area (Å²) in [5.41, 5.74) is 1.20. The lowest BCUT2D eigenvalue weighted by molar-refractivity contribution is 0.330. The highest BCUT2D eigenvalue weighted by atomic mass is 79.9. The molecule has 0 aliphatic rings. The van der Waals surface area contributed by atoms with Crippen LogP contribution in [0.4, 0.5) is 8.78 Å². The molecule has 0 bridgehead atoms. The summed E-state index contributed by atoms with van der Waals surface area (Å²) in [6.07, 6.45) is 9.42. The van der Waals surface area contributed by atoms with Crippen molar-refractivity contribution < 1.29 is 8.78 Å². The summed E-state index contributed by atoms with van der Waals surface area (Å²) in [5.74, 6) is -1.30. The molecule has 35 heavy (non-hydrogen) atoms. The first-order valence-electron chi connectivity index (χ1n) is 12.2. The van der Waals surface area contributed by atoms with E-state index in [9.17, 15) is 0 Å². The smallest absolute Gasteiger partial charge is 0.170 e. The zero-order chi connectivity index (χ0) is 24.9. The summed E-state index contributed by atoms with van der Waals surface area (Å²) in [4.78, 5) is 2.94. The fourth-order valence-corrected chi connectivity index (χ4v) is 7.30. The van der Waals surface area contributed by atoms with Crippen molar-refractivity contribution in [1.82, 2.24) is 15.0 Å². The van der Waals surface area contributed by atoms with E-state index >= 15 is 8.78 Å². The number of rotatable bonds is 12. The maximum absolute atomic E-state index is 15.6. The molecule has 0 amide bonds. The van der Waals surface area contributed by atoms with Gasteiger partial charge in [0.25, 0.3) is 0 Å². The zero-order valence-electron chi connectivity index (χ0n) is 19.9. The molecule has 0 aliphatic carbocycles. The summed E-state index contributed by atoms with van der Waals surface area (Å²) in [6.45, 7) is 5.09. The highest BCUT2D eigenvalue weighted by Gasteiger charge is 2.27. The number of hydrogen-bond donors (Lipinski definition) is 0. The minimum absolute atomic E-state index is 0.187. The molecule has 0 saturated heterocycles. The van der Waals surface area contributed by atoms with Crippen molar-refractivity contribution in [3.63, 3.8) is 0 Å². The third-order valence-corrected chi connectivity index (χ3v) is 9.54. The van der Waals surface area contributed by atoms with E-state index in [0.717, 1.165) is 33.3 Å². The van der Waals surface area contributed by atoms with Crippen LogP contribution in [-0.4, -0.2) is 15.0 Å². The second-order valence-corrected chi connectivity index (χ2v) is 13.8. The number of nitrogens with zero attached hydrogens (tertiary/aromatic N) is 3. The van der Waals surface area contributed by atoms with E-state index in [1.165, 1.54) is 48.4 Å². The summed E-state index contributed by atoms with van der Waals surface area (Å²) >= 11 is 9.61. The molecule has 4 rings (SSSR count). The Morgan fingerprint density at radius 1 is 0.771 bits per heavy atom. The Morgan fingerprint density at radius 2 is 1.29 bits per heavy atom. The van der Waals surface area contributed by atoms with Gasteiger partial charge in [0.15, 0.2) is 11.6 Å². The number of aromatic nitrogens is 3. The van der Waals surface area contributed by atoms with Crippen LogP contribution in [0.3, 0.4) is 0 Å². The predicted molar refractivity (Wildman–Crippen MR) is 151 cm³/mol. The van der Waals surface area contributed by atoms with Crippen molar-refractivity contribution in [2.45, 2.75) is 71.8 Å². The van der Waals surface area contributed by atoms with Gasteiger partial charge in [-0.15, -0.1) is 22.7 Å². The van der Waals surface area contributed by atoms with Crippen LogP contribution < -0.4 is 0 Å². The van der Waals surface area contributed by atoms with Gasteiger partial charge in [0.2, 0.25) is 0 Å². The van der Waals surface area contributed by atoms with Crippen LogP contribution >= 0.6 is 54.5 Å². The Morgan fingerprint density at radius 3 is 1.74 bits per heavy atom. The van der Waals surface area contributed by atoms with E-state index in [1.807, 2.05) is 12.1 Å². The Balaban J connectivity index is 1.79. The molecule has 0 saturated carbocycles. The molecular weight excluding hydrogens is 616 g/mol. The van der Waals surface area contributed by atoms with Gasteiger partial charge in [-0.3, -0.25) is 0 Å². The molecule has 3 heterocycles. The highest BCUT2D eigenvalue weighted by molar-refractivity contribution is 9.11. The fourth-order valence-electron chi connectivity index (χ4n) is 4.45. The number of unbranched alkanes of at least 4 members (excludes halogenated alkanes) is 4. The first-order valence-corrected chi connectivity index (χ1v) is 15.4. The molecule has 1 atom stereocenters. The standard InChI is InChI=1S/C26H29Br2F2N3S2/c1-3-5-7-8-10-16(9-6-4-2)15-33-31-25-21(17-11-13-19(27)34-17)23(29)24(30)22(26(25)32-33)18-12-14-20(28)35-18/h11-14,16H,3-10,15H2,1-2H3. The van der Waals surface area contributed by atoms with Crippen LogP contribution in [-0.2, 0) is 6.54 Å². The van der Waals surface area contributed by atoms with Crippen LogP contribution in [0.15, 0.2) is 31.8 Å². The van der Waals surface area contributed by atoms with E-state index in [4.69, 9.17) is 10.2 Å². The summed E-state index contributed by atoms with van der Waals surface area (Å²) < 4.78 is 32.9. The first-order chi connectivity index (χ1) is 16.9. The van der Waals surface area contributed by atoms with Gasteiger partial charge in [0.1, 0.15) is 11.0 Å². The van der Waals surface area contributed by atoms with E-state index in [-0.39, 0.29) is 11.1 Å². The van der Waals surface area contributed by atoms with Gasteiger partial charge in [0.05, 0.1) is 25.2 Å². The lowest BCUT2D eigenvalue weighted by Crippen LogP contribution is -2.13. The molecule has 3 nitrogen and oxygen atoms in total. The summed E-state index contributed by atoms with van der Waals surface area (Å²) in [5, 5.41) is 9.54. The van der Waals surface area contributed by atoms with Crippen LogP contribution in [0.1, 0.15) is 65.2 Å². The lowest BCUT2D eigenvalue weighted by Gasteiger charge is -2.15. The molecule has 0 radical (unpaired) electrons. The van der Waals surface area contributed by atoms with Crippen LogP contribution in [0, 0.1) is 17.6 Å². The Bertz CT molecular complexity index is 1200. The third-order valence-electron chi connectivity index (χ3n) is 6.25. The molecular formula is C26H29Br2F2N3S2. The van der Waals surface area contributed by atoms with Crippen molar-refractivity contribution in [3.8, 4) is 20.9 Å². The molecule has 0 fully saturated rings. The highest BCUT2D eigenvalue weighted by Crippen LogP contribution is 2.44. The molecule has 4 aromatic rings. The van der Waals surface area contributed by atoms with Gasteiger partial charge < -0.3 is 0 Å². The molecule has 0 N–H and O–H groups in total. The van der Waals surface area contributed by atoms with Crippen molar-refractivity contribution in [1.29, 1.82) is 0 Å². The Labute approximate surface area is 230 Å². The Hall–Kier alpha value is -1.16. The van der Waals surface area contributed by atoms with Crippen molar-refractivity contribution in [2.75, 3.05) is 0 Å². The van der Waals surface area contributed by atoms with Crippen molar-refractivity contribution in [3.05, 3.63) is 43.5 Å². The van der Waals surface area contributed by atoms with E-state index in [1.54, 1.807) is 16.9 Å². The zero-order valence-corrected chi connectivity index (χ0v) is 24.7. The van der Waals surface area contributed by atoms with Gasteiger partial charge in [-0.1, -0.05) is 52.4 Å². The third kappa shape index (κ3) is 6.22. The van der Waals surface area contributed by atoms with E-state index < -0.39 is 11.6 Å². The van der Waals surface area contributed by atoms with E-state index in [0.29, 0.717) is 33.3 Å². The van der Waals surface area contributed by atoms with Crippen LogP contribution in [0.5, 0.6) is 0 Å². The molecule has 9 heteroatoms. The molecule has 0 spiro atoms. The SMILES string of the molecule is CCCCCCC(CCCC)Cn1nc2c(-c3ccc(Br)s3)c(F)c(F)c(-c3ccc(Br)s3)c2n1. The maximum Gasteiger partial charge on any atom is 0.170 e. The minimum atomic E-state index is -0.875. The lowest BCUT2D eigenvalue weighted by atomic mass is 9.95. The predicted octanol–water partition coefficient (Wildman–Crippen LogP) is 10.5. The second kappa shape index (κ2) is 12.4. The van der Waals surface area contributed by atoms with Crippen molar-refractivity contribution >= 4 is 65.6 Å². The van der Waals surface area contributed by atoms with Gasteiger partial charge in [-0.25, -0.2) is 8.78 Å². The number of thiophene rings is 2. The van der Waals surface area contributed by atoms with Crippen LogP contribution in [0.25, 0.3) is 31.9 Å². The Kier molecular flexibility index (Phi) is 9.52. The normalized spacial score (nSPS) is 12.6. The average molecular weight is 645 g/mol. The largest absolute Gasteiger partial charge is 0.203 e. The molecule has 188 valence electrons. The summed E-state index contributed by atoms with van der Waals surface area (Å²) in [7, 11) is 0. The maximum atomic E-state index is 15.6. The average Bonchev–Trinajstić information content (AvgIpc) is 3.56. The number of hydrogen-bond acceptors (Lipinski definition) is 4.